The van der Waals surface area contributed by atoms with Gasteiger partial charge in [0.25, 0.3) is 0 Å². The summed E-state index contributed by atoms with van der Waals surface area (Å²) in [5.41, 5.74) is 0. The lowest BCUT2D eigenvalue weighted by Crippen LogP contribution is -2.45. The van der Waals surface area contributed by atoms with Crippen LogP contribution in [-0.2, 0) is 10.0 Å². The minimum atomic E-state index is -3.45. The number of rotatable bonds is 6. The standard InChI is InChI=1S/C12H19BrClN3O2S2/c1-16-5-7-17(8-6-16)4-2-3-15-21(18,19)11-9-10(14)12(13)20-11/h9,15H,2-8H2,1H3. The third-order valence-corrected chi connectivity index (χ3v) is 7.84. The van der Waals surface area contributed by atoms with E-state index in [1.807, 2.05) is 0 Å². The molecule has 1 N–H and O–H groups in total. The molecule has 0 saturated carbocycles. The summed E-state index contributed by atoms with van der Waals surface area (Å²) >= 11 is 10.2. The molecule has 0 aliphatic carbocycles. The molecule has 0 atom stereocenters. The molecule has 1 saturated heterocycles. The number of thiophene rings is 1. The summed E-state index contributed by atoms with van der Waals surface area (Å²) in [6.45, 7) is 5.63. The molecule has 0 amide bonds. The van der Waals surface area contributed by atoms with Gasteiger partial charge in [-0.2, -0.15) is 0 Å². The second kappa shape index (κ2) is 7.72. The Kier molecular flexibility index (Phi) is 6.49. The van der Waals surface area contributed by atoms with Crippen molar-refractivity contribution in [1.29, 1.82) is 0 Å². The van der Waals surface area contributed by atoms with Gasteiger partial charge in [0.15, 0.2) is 0 Å². The summed E-state index contributed by atoms with van der Waals surface area (Å²) in [5, 5.41) is 0.429. The van der Waals surface area contributed by atoms with Crippen LogP contribution in [0.4, 0.5) is 0 Å². The van der Waals surface area contributed by atoms with E-state index in [0.29, 0.717) is 15.4 Å². The molecule has 0 unspecified atom stereocenters. The SMILES string of the molecule is CN1CCN(CCCNS(=O)(=O)c2cc(Cl)c(Br)s2)CC1. The van der Waals surface area contributed by atoms with E-state index < -0.39 is 10.0 Å². The zero-order valence-corrected chi connectivity index (χ0v) is 15.8. The van der Waals surface area contributed by atoms with Crippen LogP contribution in [0.2, 0.25) is 5.02 Å². The second-order valence-corrected chi connectivity index (χ2v) is 9.85. The Labute approximate surface area is 143 Å². The normalized spacial score (nSPS) is 18.2. The molecule has 1 fully saturated rings. The van der Waals surface area contributed by atoms with Gasteiger partial charge in [-0.25, -0.2) is 13.1 Å². The second-order valence-electron chi connectivity index (χ2n) is 5.08. The van der Waals surface area contributed by atoms with Crippen molar-refractivity contribution in [2.24, 2.45) is 0 Å². The van der Waals surface area contributed by atoms with Crippen LogP contribution in [0.5, 0.6) is 0 Å². The maximum absolute atomic E-state index is 12.1. The number of piperazine rings is 1. The third kappa shape index (κ3) is 5.16. The van der Waals surface area contributed by atoms with E-state index in [4.69, 9.17) is 11.6 Å². The van der Waals surface area contributed by atoms with Crippen molar-refractivity contribution >= 4 is 48.9 Å². The number of hydrogen-bond acceptors (Lipinski definition) is 5. The lowest BCUT2D eigenvalue weighted by atomic mass is 10.3. The van der Waals surface area contributed by atoms with Crippen LogP contribution in [0, 0.1) is 0 Å². The number of sulfonamides is 1. The number of likely N-dealkylation sites (N-methyl/N-ethyl adjacent to an activating group) is 1. The van der Waals surface area contributed by atoms with Gasteiger partial charge in [0.05, 0.1) is 8.81 Å². The zero-order chi connectivity index (χ0) is 15.5. The van der Waals surface area contributed by atoms with Crippen LogP contribution in [0.1, 0.15) is 6.42 Å². The van der Waals surface area contributed by atoms with Crippen molar-refractivity contribution in [2.75, 3.05) is 46.3 Å². The van der Waals surface area contributed by atoms with Crippen molar-refractivity contribution in [2.45, 2.75) is 10.6 Å². The topological polar surface area (TPSA) is 52.6 Å². The molecule has 21 heavy (non-hydrogen) atoms. The van der Waals surface area contributed by atoms with Gasteiger partial charge in [0.1, 0.15) is 4.21 Å². The fourth-order valence-electron chi connectivity index (χ4n) is 2.11. The average Bonchev–Trinajstić information content (AvgIpc) is 2.78. The first-order valence-electron chi connectivity index (χ1n) is 6.74. The highest BCUT2D eigenvalue weighted by Gasteiger charge is 2.19. The molecule has 1 aliphatic heterocycles. The van der Waals surface area contributed by atoms with Crippen LogP contribution < -0.4 is 4.72 Å². The highest BCUT2D eigenvalue weighted by Crippen LogP contribution is 2.34. The van der Waals surface area contributed by atoms with E-state index in [1.54, 1.807) is 0 Å². The molecule has 0 spiro atoms. The zero-order valence-electron chi connectivity index (χ0n) is 11.8. The van der Waals surface area contributed by atoms with Gasteiger partial charge in [0.2, 0.25) is 10.0 Å². The van der Waals surface area contributed by atoms with E-state index in [1.165, 1.54) is 6.07 Å². The molecule has 1 aromatic rings. The van der Waals surface area contributed by atoms with Crippen LogP contribution in [-0.4, -0.2) is 64.5 Å². The Bertz CT molecular complexity index is 552. The van der Waals surface area contributed by atoms with Crippen LogP contribution in [0.15, 0.2) is 14.1 Å². The Morgan fingerprint density at radius 3 is 2.62 bits per heavy atom. The molecule has 0 aromatic carbocycles. The third-order valence-electron chi connectivity index (χ3n) is 3.43. The van der Waals surface area contributed by atoms with Gasteiger partial charge in [0, 0.05) is 32.7 Å². The van der Waals surface area contributed by atoms with Crippen molar-refractivity contribution in [3.63, 3.8) is 0 Å². The summed E-state index contributed by atoms with van der Waals surface area (Å²) in [6, 6.07) is 1.47. The Balaban J connectivity index is 1.75. The minimum absolute atomic E-state index is 0.249. The predicted octanol–water partition coefficient (Wildman–Crippen LogP) is 2.08. The fraction of sp³-hybridized carbons (Fsp3) is 0.667. The largest absolute Gasteiger partial charge is 0.304 e. The molecule has 2 heterocycles. The highest BCUT2D eigenvalue weighted by molar-refractivity contribution is 9.11. The maximum atomic E-state index is 12.1. The lowest BCUT2D eigenvalue weighted by molar-refractivity contribution is 0.153. The van der Waals surface area contributed by atoms with Crippen molar-refractivity contribution in [3.8, 4) is 0 Å². The van der Waals surface area contributed by atoms with E-state index in [0.717, 1.165) is 50.5 Å². The summed E-state index contributed by atoms with van der Waals surface area (Å²) in [5.74, 6) is 0. The molecule has 1 aromatic heterocycles. The first-order chi connectivity index (χ1) is 9.88. The Hall–Kier alpha value is 0.300. The van der Waals surface area contributed by atoms with Gasteiger partial charge >= 0.3 is 0 Å². The Morgan fingerprint density at radius 1 is 1.38 bits per heavy atom. The van der Waals surface area contributed by atoms with E-state index in [-0.39, 0.29) is 4.21 Å². The van der Waals surface area contributed by atoms with Crippen molar-refractivity contribution in [1.82, 2.24) is 14.5 Å². The van der Waals surface area contributed by atoms with Gasteiger partial charge in [-0.05, 0) is 42.0 Å². The molecule has 0 bridgehead atoms. The summed E-state index contributed by atoms with van der Waals surface area (Å²) in [7, 11) is -1.33. The number of halogens is 2. The predicted molar refractivity (Wildman–Crippen MR) is 90.8 cm³/mol. The number of nitrogens with zero attached hydrogens (tertiary/aromatic N) is 2. The van der Waals surface area contributed by atoms with Crippen LogP contribution in [0.3, 0.4) is 0 Å². The van der Waals surface area contributed by atoms with Gasteiger partial charge < -0.3 is 9.80 Å². The van der Waals surface area contributed by atoms with Gasteiger partial charge in [-0.3, -0.25) is 0 Å². The average molecular weight is 417 g/mol. The van der Waals surface area contributed by atoms with Crippen molar-refractivity contribution in [3.05, 3.63) is 14.9 Å². The van der Waals surface area contributed by atoms with E-state index >= 15 is 0 Å². The summed E-state index contributed by atoms with van der Waals surface area (Å²) in [6.07, 6.45) is 0.809. The summed E-state index contributed by atoms with van der Waals surface area (Å²) in [4.78, 5) is 4.67. The van der Waals surface area contributed by atoms with Crippen molar-refractivity contribution < 1.29 is 8.42 Å². The molecular weight excluding hydrogens is 398 g/mol. The van der Waals surface area contributed by atoms with E-state index in [9.17, 15) is 8.42 Å². The van der Waals surface area contributed by atoms with E-state index in [2.05, 4.69) is 37.5 Å². The van der Waals surface area contributed by atoms with Gasteiger partial charge in [-0.15, -0.1) is 11.3 Å². The smallest absolute Gasteiger partial charge is 0.250 e. The Morgan fingerprint density at radius 2 is 2.05 bits per heavy atom. The molecule has 1 aliphatic rings. The van der Waals surface area contributed by atoms with Gasteiger partial charge in [-0.1, -0.05) is 11.6 Å². The number of hydrogen-bond donors (Lipinski definition) is 1. The molecule has 0 radical (unpaired) electrons. The lowest BCUT2D eigenvalue weighted by Gasteiger charge is -2.32. The van der Waals surface area contributed by atoms with Crippen LogP contribution in [0.25, 0.3) is 0 Å². The maximum Gasteiger partial charge on any atom is 0.250 e. The first-order valence-corrected chi connectivity index (χ1v) is 10.2. The molecule has 9 heteroatoms. The molecule has 120 valence electrons. The quantitative estimate of drug-likeness (QED) is 0.721. The molecule has 2 rings (SSSR count). The fourth-order valence-corrected chi connectivity index (χ4v) is 5.63. The first kappa shape index (κ1) is 17.7. The van der Waals surface area contributed by atoms with Crippen LogP contribution >= 0.6 is 38.9 Å². The monoisotopic (exact) mass is 415 g/mol. The molecular formula is C12H19BrClN3O2S2. The number of nitrogens with one attached hydrogen (secondary N) is 1. The summed E-state index contributed by atoms with van der Waals surface area (Å²) < 4.78 is 27.7. The molecule has 5 nitrogen and oxygen atoms in total. The minimum Gasteiger partial charge on any atom is -0.304 e. The highest BCUT2D eigenvalue weighted by atomic mass is 79.9.